The van der Waals surface area contributed by atoms with Crippen LogP contribution < -0.4 is 10.9 Å². The van der Waals surface area contributed by atoms with Crippen LogP contribution in [0.15, 0.2) is 41.3 Å². The number of benzene rings is 1. The highest BCUT2D eigenvalue weighted by Crippen LogP contribution is 2.22. The summed E-state index contributed by atoms with van der Waals surface area (Å²) in [5, 5.41) is 4.30. The van der Waals surface area contributed by atoms with E-state index in [0.29, 0.717) is 16.6 Å². The van der Waals surface area contributed by atoms with E-state index < -0.39 is 0 Å². The number of rotatable bonds is 3. The molecule has 0 aliphatic carbocycles. The van der Waals surface area contributed by atoms with Crippen molar-refractivity contribution < 1.29 is 0 Å². The van der Waals surface area contributed by atoms with Gasteiger partial charge < -0.3 is 9.88 Å². The Kier molecular flexibility index (Phi) is 3.94. The third kappa shape index (κ3) is 3.06. The van der Waals surface area contributed by atoms with Crippen molar-refractivity contribution >= 4 is 28.9 Å². The summed E-state index contributed by atoms with van der Waals surface area (Å²) in [5.74, 6) is 0. The summed E-state index contributed by atoms with van der Waals surface area (Å²) < 4.78 is 1.52. The predicted molar refractivity (Wildman–Crippen MR) is 75.5 cm³/mol. The molecule has 94 valence electrons. The lowest BCUT2D eigenvalue weighted by Crippen LogP contribution is -2.15. The van der Waals surface area contributed by atoms with Crippen LogP contribution >= 0.6 is 23.2 Å². The molecule has 2 rings (SSSR count). The van der Waals surface area contributed by atoms with Gasteiger partial charge in [-0.1, -0.05) is 29.3 Å². The van der Waals surface area contributed by atoms with Crippen molar-refractivity contribution in [3.63, 3.8) is 0 Å². The lowest BCUT2D eigenvalue weighted by atomic mass is 10.2. The van der Waals surface area contributed by atoms with E-state index in [9.17, 15) is 4.79 Å². The van der Waals surface area contributed by atoms with E-state index in [1.54, 1.807) is 25.4 Å². The third-order valence-electron chi connectivity index (χ3n) is 2.57. The first kappa shape index (κ1) is 13.0. The lowest BCUT2D eigenvalue weighted by molar-refractivity contribution is 0.859. The minimum absolute atomic E-state index is 0.0323. The highest BCUT2D eigenvalue weighted by molar-refractivity contribution is 6.42. The van der Waals surface area contributed by atoms with Gasteiger partial charge in [-0.2, -0.15) is 0 Å². The standard InChI is InChI=1S/C13H12Cl2N2O/c1-17-8-10(3-5-13(17)18)16-7-9-2-4-11(14)12(15)6-9/h2-6,8,16H,7H2,1H3. The van der Waals surface area contributed by atoms with Crippen LogP contribution in [0.5, 0.6) is 0 Å². The second-order valence-corrected chi connectivity index (χ2v) is 4.78. The van der Waals surface area contributed by atoms with Gasteiger partial charge >= 0.3 is 0 Å². The summed E-state index contributed by atoms with van der Waals surface area (Å²) >= 11 is 11.8. The normalized spacial score (nSPS) is 10.4. The zero-order valence-electron chi connectivity index (χ0n) is 9.78. The summed E-state index contributed by atoms with van der Waals surface area (Å²) in [5.41, 5.74) is 1.87. The van der Waals surface area contributed by atoms with Crippen LogP contribution in [0.25, 0.3) is 0 Å². The van der Waals surface area contributed by atoms with Crippen LogP contribution in [0.3, 0.4) is 0 Å². The number of pyridine rings is 1. The number of hydrogen-bond acceptors (Lipinski definition) is 2. The fraction of sp³-hybridized carbons (Fsp3) is 0.154. The van der Waals surface area contributed by atoms with Gasteiger partial charge in [-0.25, -0.2) is 0 Å². The van der Waals surface area contributed by atoms with E-state index in [1.807, 2.05) is 12.1 Å². The van der Waals surface area contributed by atoms with Gasteiger partial charge in [-0.3, -0.25) is 4.79 Å². The number of anilines is 1. The van der Waals surface area contributed by atoms with Crippen molar-refractivity contribution in [2.45, 2.75) is 6.54 Å². The molecular formula is C13H12Cl2N2O. The summed E-state index contributed by atoms with van der Waals surface area (Å²) in [4.78, 5) is 11.2. The summed E-state index contributed by atoms with van der Waals surface area (Å²) in [6.45, 7) is 0.620. The minimum Gasteiger partial charge on any atom is -0.380 e. The molecule has 0 atom stereocenters. The topological polar surface area (TPSA) is 34.0 Å². The molecule has 0 aliphatic rings. The SMILES string of the molecule is Cn1cc(NCc2ccc(Cl)c(Cl)c2)ccc1=O. The maximum atomic E-state index is 11.2. The second kappa shape index (κ2) is 5.46. The summed E-state index contributed by atoms with van der Waals surface area (Å²) in [6, 6.07) is 8.76. The van der Waals surface area contributed by atoms with Crippen molar-refractivity contribution in [2.24, 2.45) is 7.05 Å². The first-order chi connectivity index (χ1) is 8.56. The Morgan fingerprint density at radius 3 is 2.61 bits per heavy atom. The van der Waals surface area contributed by atoms with Gasteiger partial charge in [0.25, 0.3) is 0 Å². The van der Waals surface area contributed by atoms with Crippen molar-refractivity contribution in [1.82, 2.24) is 4.57 Å². The molecule has 0 aliphatic heterocycles. The fourth-order valence-electron chi connectivity index (χ4n) is 1.55. The number of hydrogen-bond donors (Lipinski definition) is 1. The fourth-order valence-corrected chi connectivity index (χ4v) is 1.87. The van der Waals surface area contributed by atoms with Crippen molar-refractivity contribution in [1.29, 1.82) is 0 Å². The first-order valence-electron chi connectivity index (χ1n) is 5.41. The van der Waals surface area contributed by atoms with Gasteiger partial charge in [-0.05, 0) is 23.8 Å². The van der Waals surface area contributed by atoms with Gasteiger partial charge in [0, 0.05) is 25.9 Å². The second-order valence-electron chi connectivity index (χ2n) is 3.97. The molecule has 1 N–H and O–H groups in total. The highest BCUT2D eigenvalue weighted by atomic mass is 35.5. The largest absolute Gasteiger partial charge is 0.380 e. The lowest BCUT2D eigenvalue weighted by Gasteiger charge is -2.08. The molecule has 0 saturated heterocycles. The van der Waals surface area contributed by atoms with Gasteiger partial charge in [0.05, 0.1) is 15.7 Å². The number of nitrogens with one attached hydrogen (secondary N) is 1. The maximum Gasteiger partial charge on any atom is 0.250 e. The van der Waals surface area contributed by atoms with Crippen molar-refractivity contribution in [3.8, 4) is 0 Å². The molecule has 0 fully saturated rings. The van der Waals surface area contributed by atoms with E-state index in [1.165, 1.54) is 10.6 Å². The minimum atomic E-state index is -0.0323. The maximum absolute atomic E-state index is 11.2. The van der Waals surface area contributed by atoms with E-state index in [2.05, 4.69) is 5.32 Å². The van der Waals surface area contributed by atoms with Crippen LogP contribution in [-0.2, 0) is 13.6 Å². The molecule has 0 bridgehead atoms. The summed E-state index contributed by atoms with van der Waals surface area (Å²) in [7, 11) is 1.71. The number of aryl methyl sites for hydroxylation is 1. The third-order valence-corrected chi connectivity index (χ3v) is 3.31. The molecule has 5 heteroatoms. The monoisotopic (exact) mass is 282 g/mol. The molecule has 0 unspecified atom stereocenters. The van der Waals surface area contributed by atoms with Crippen LogP contribution in [-0.4, -0.2) is 4.57 Å². The molecule has 18 heavy (non-hydrogen) atoms. The smallest absolute Gasteiger partial charge is 0.250 e. The van der Waals surface area contributed by atoms with E-state index in [0.717, 1.165) is 11.3 Å². The Morgan fingerprint density at radius 2 is 1.94 bits per heavy atom. The van der Waals surface area contributed by atoms with Gasteiger partial charge in [-0.15, -0.1) is 0 Å². The van der Waals surface area contributed by atoms with E-state index >= 15 is 0 Å². The molecular weight excluding hydrogens is 271 g/mol. The van der Waals surface area contributed by atoms with Crippen molar-refractivity contribution in [3.05, 3.63) is 62.5 Å². The molecule has 1 heterocycles. The van der Waals surface area contributed by atoms with E-state index in [4.69, 9.17) is 23.2 Å². The number of halogens is 2. The molecule has 1 aromatic carbocycles. The van der Waals surface area contributed by atoms with Gasteiger partial charge in [0.2, 0.25) is 5.56 Å². The van der Waals surface area contributed by atoms with Crippen molar-refractivity contribution in [2.75, 3.05) is 5.32 Å². The highest BCUT2D eigenvalue weighted by Gasteiger charge is 2.00. The van der Waals surface area contributed by atoms with Crippen LogP contribution in [0.4, 0.5) is 5.69 Å². The Hall–Kier alpha value is -1.45. The average molecular weight is 283 g/mol. The predicted octanol–water partition coefficient (Wildman–Crippen LogP) is 3.30. The molecule has 2 aromatic rings. The van der Waals surface area contributed by atoms with Crippen LogP contribution in [0.2, 0.25) is 10.0 Å². The molecule has 0 saturated carbocycles. The molecule has 3 nitrogen and oxygen atoms in total. The Balaban J connectivity index is 2.09. The Morgan fingerprint density at radius 1 is 1.17 bits per heavy atom. The van der Waals surface area contributed by atoms with Gasteiger partial charge in [0.1, 0.15) is 0 Å². The van der Waals surface area contributed by atoms with Gasteiger partial charge in [0.15, 0.2) is 0 Å². The number of aromatic nitrogens is 1. The molecule has 0 amide bonds. The zero-order chi connectivity index (χ0) is 13.1. The first-order valence-corrected chi connectivity index (χ1v) is 6.16. The molecule has 1 aromatic heterocycles. The average Bonchev–Trinajstić information content (AvgIpc) is 2.35. The summed E-state index contributed by atoms with van der Waals surface area (Å²) in [6.07, 6.45) is 1.75. The number of nitrogens with zero attached hydrogens (tertiary/aromatic N) is 1. The molecule has 0 radical (unpaired) electrons. The zero-order valence-corrected chi connectivity index (χ0v) is 11.3. The quantitative estimate of drug-likeness (QED) is 0.937. The van der Waals surface area contributed by atoms with Crippen LogP contribution in [0, 0.1) is 0 Å². The van der Waals surface area contributed by atoms with E-state index in [-0.39, 0.29) is 5.56 Å². The molecule has 0 spiro atoms. The Bertz CT molecular complexity index is 623. The Labute approximate surface area is 115 Å². The van der Waals surface area contributed by atoms with Crippen LogP contribution in [0.1, 0.15) is 5.56 Å².